The van der Waals surface area contributed by atoms with Crippen LogP contribution < -0.4 is 5.32 Å². The van der Waals surface area contributed by atoms with Crippen LogP contribution in [0.3, 0.4) is 0 Å². The van der Waals surface area contributed by atoms with E-state index >= 15 is 0 Å². The molecule has 1 N–H and O–H groups in total. The van der Waals surface area contributed by atoms with E-state index < -0.39 is 0 Å². The van der Waals surface area contributed by atoms with Gasteiger partial charge in [0.2, 0.25) is 5.91 Å². The monoisotopic (exact) mass is 308 g/mol. The largest absolute Gasteiger partial charge is 0.361 e. The first-order valence-corrected chi connectivity index (χ1v) is 7.81. The molecule has 1 aromatic rings. The fraction of sp³-hybridized carbons (Fsp3) is 0.667. The molecule has 0 bridgehead atoms. The Morgan fingerprint density at radius 2 is 2.05 bits per heavy atom. The number of hydrogen-bond donors (Lipinski definition) is 1. The summed E-state index contributed by atoms with van der Waals surface area (Å²) in [6.45, 7) is 8.22. The Morgan fingerprint density at radius 3 is 2.64 bits per heavy atom. The van der Waals surface area contributed by atoms with Gasteiger partial charge >= 0.3 is 0 Å². The van der Waals surface area contributed by atoms with Crippen LogP contribution in [-0.4, -0.2) is 66.0 Å². The molecule has 1 fully saturated rings. The minimum absolute atomic E-state index is 0.0762. The fourth-order valence-electron chi connectivity index (χ4n) is 2.47. The van der Waals surface area contributed by atoms with Crippen molar-refractivity contribution in [1.29, 1.82) is 0 Å². The Kier molecular flexibility index (Phi) is 5.94. The number of carbonyl (C=O) groups excluding carboxylic acids is 2. The molecule has 0 spiro atoms. The first kappa shape index (κ1) is 16.5. The van der Waals surface area contributed by atoms with Gasteiger partial charge in [-0.3, -0.25) is 14.5 Å². The van der Waals surface area contributed by atoms with Gasteiger partial charge in [0.15, 0.2) is 5.69 Å². The molecule has 1 saturated heterocycles. The molecule has 0 atom stereocenters. The molecule has 0 aliphatic carbocycles. The highest BCUT2D eigenvalue weighted by molar-refractivity contribution is 5.92. The highest BCUT2D eigenvalue weighted by Crippen LogP contribution is 2.09. The van der Waals surface area contributed by atoms with E-state index in [0.717, 1.165) is 26.1 Å². The van der Waals surface area contributed by atoms with Crippen molar-refractivity contribution in [2.24, 2.45) is 0 Å². The molecule has 1 aliphatic rings. The third kappa shape index (κ3) is 4.56. The molecule has 7 heteroatoms. The normalized spacial score (nSPS) is 15.8. The van der Waals surface area contributed by atoms with Gasteiger partial charge < -0.3 is 14.7 Å². The lowest BCUT2D eigenvalue weighted by Gasteiger charge is -2.34. The number of rotatable bonds is 6. The minimum atomic E-state index is -0.0762. The van der Waals surface area contributed by atoms with Crippen molar-refractivity contribution in [3.8, 4) is 0 Å². The summed E-state index contributed by atoms with van der Waals surface area (Å²) in [6, 6.07) is 1.66. The first-order chi connectivity index (χ1) is 10.6. The maximum absolute atomic E-state index is 12.2. The summed E-state index contributed by atoms with van der Waals surface area (Å²) in [5, 5.41) is 6.68. The zero-order valence-electron chi connectivity index (χ0n) is 13.3. The highest BCUT2D eigenvalue weighted by atomic mass is 16.5. The van der Waals surface area contributed by atoms with Gasteiger partial charge in [-0.1, -0.05) is 12.1 Å². The molecule has 7 nitrogen and oxygen atoms in total. The molecular weight excluding hydrogens is 284 g/mol. The molecule has 122 valence electrons. The van der Waals surface area contributed by atoms with Gasteiger partial charge in [0.1, 0.15) is 5.76 Å². The van der Waals surface area contributed by atoms with Crippen LogP contribution in [0.2, 0.25) is 0 Å². The van der Waals surface area contributed by atoms with Gasteiger partial charge in [-0.05, 0) is 13.3 Å². The van der Waals surface area contributed by atoms with E-state index in [9.17, 15) is 9.59 Å². The Bertz CT molecular complexity index is 507. The number of aromatic nitrogens is 1. The maximum Gasteiger partial charge on any atom is 0.276 e. The summed E-state index contributed by atoms with van der Waals surface area (Å²) >= 11 is 0. The van der Waals surface area contributed by atoms with Gasteiger partial charge in [0, 0.05) is 51.8 Å². The van der Waals surface area contributed by atoms with Crippen LogP contribution in [-0.2, 0) is 4.79 Å². The van der Waals surface area contributed by atoms with Crippen LogP contribution in [0, 0.1) is 6.92 Å². The van der Waals surface area contributed by atoms with Crippen LogP contribution in [0.1, 0.15) is 36.0 Å². The molecule has 2 heterocycles. The smallest absolute Gasteiger partial charge is 0.276 e. The van der Waals surface area contributed by atoms with Crippen LogP contribution in [0.4, 0.5) is 0 Å². The SMILES string of the molecule is CCCC(=O)NCCN1CCN(C(=O)c2cc(C)on2)CC1. The second-order valence-electron chi connectivity index (χ2n) is 5.56. The summed E-state index contributed by atoms with van der Waals surface area (Å²) in [5.41, 5.74) is 0.373. The van der Waals surface area contributed by atoms with E-state index in [1.807, 2.05) is 6.92 Å². The van der Waals surface area contributed by atoms with Crippen molar-refractivity contribution in [1.82, 2.24) is 20.3 Å². The third-order valence-electron chi connectivity index (χ3n) is 3.73. The van der Waals surface area contributed by atoms with Crippen LogP contribution in [0.15, 0.2) is 10.6 Å². The molecule has 2 rings (SSSR count). The average Bonchev–Trinajstić information content (AvgIpc) is 2.94. The predicted molar refractivity (Wildman–Crippen MR) is 81.5 cm³/mol. The average molecular weight is 308 g/mol. The molecule has 0 saturated carbocycles. The molecule has 0 radical (unpaired) electrons. The molecule has 1 aromatic heterocycles. The van der Waals surface area contributed by atoms with E-state index in [4.69, 9.17) is 4.52 Å². The van der Waals surface area contributed by atoms with Crippen LogP contribution in [0.25, 0.3) is 0 Å². The zero-order chi connectivity index (χ0) is 15.9. The van der Waals surface area contributed by atoms with Crippen molar-refractivity contribution >= 4 is 11.8 Å². The van der Waals surface area contributed by atoms with E-state index in [1.165, 1.54) is 0 Å². The number of carbonyl (C=O) groups is 2. The van der Waals surface area contributed by atoms with Crippen molar-refractivity contribution < 1.29 is 14.1 Å². The van der Waals surface area contributed by atoms with E-state index in [-0.39, 0.29) is 11.8 Å². The molecule has 0 unspecified atom stereocenters. The lowest BCUT2D eigenvalue weighted by atomic mass is 10.2. The third-order valence-corrected chi connectivity index (χ3v) is 3.73. The van der Waals surface area contributed by atoms with Crippen molar-refractivity contribution in [3.63, 3.8) is 0 Å². The van der Waals surface area contributed by atoms with E-state index in [0.29, 0.717) is 37.5 Å². The molecule has 2 amide bonds. The first-order valence-electron chi connectivity index (χ1n) is 7.81. The molecule has 1 aliphatic heterocycles. The summed E-state index contributed by atoms with van der Waals surface area (Å²) in [6.07, 6.45) is 1.45. The number of piperazine rings is 1. The highest BCUT2D eigenvalue weighted by Gasteiger charge is 2.23. The quantitative estimate of drug-likeness (QED) is 0.835. The number of aryl methyl sites for hydroxylation is 1. The molecule has 22 heavy (non-hydrogen) atoms. The minimum Gasteiger partial charge on any atom is -0.361 e. The second-order valence-corrected chi connectivity index (χ2v) is 5.56. The summed E-state index contributed by atoms with van der Waals surface area (Å²) in [7, 11) is 0. The summed E-state index contributed by atoms with van der Waals surface area (Å²) in [5.74, 6) is 0.676. The Labute approximate surface area is 130 Å². The van der Waals surface area contributed by atoms with Crippen molar-refractivity contribution in [2.45, 2.75) is 26.7 Å². The lowest BCUT2D eigenvalue weighted by Crippen LogP contribution is -2.50. The van der Waals surface area contributed by atoms with Gasteiger partial charge in [0.05, 0.1) is 0 Å². The topological polar surface area (TPSA) is 78.7 Å². The number of nitrogens with one attached hydrogen (secondary N) is 1. The van der Waals surface area contributed by atoms with E-state index in [1.54, 1.807) is 17.9 Å². The van der Waals surface area contributed by atoms with Crippen molar-refractivity contribution in [3.05, 3.63) is 17.5 Å². The predicted octanol–water partition coefficient (Wildman–Crippen LogP) is 0.657. The zero-order valence-corrected chi connectivity index (χ0v) is 13.3. The Hall–Kier alpha value is -1.89. The van der Waals surface area contributed by atoms with Gasteiger partial charge in [-0.25, -0.2) is 0 Å². The number of hydrogen-bond acceptors (Lipinski definition) is 5. The maximum atomic E-state index is 12.2. The fourth-order valence-corrected chi connectivity index (χ4v) is 2.47. The van der Waals surface area contributed by atoms with Gasteiger partial charge in [-0.2, -0.15) is 0 Å². The summed E-state index contributed by atoms with van der Waals surface area (Å²) < 4.78 is 4.94. The standard InChI is InChI=1S/C15H24N4O3/c1-3-4-14(20)16-5-6-18-7-9-19(10-8-18)15(21)13-11-12(2)22-17-13/h11H,3-10H2,1-2H3,(H,16,20). The lowest BCUT2D eigenvalue weighted by molar-refractivity contribution is -0.121. The van der Waals surface area contributed by atoms with E-state index in [2.05, 4.69) is 15.4 Å². The van der Waals surface area contributed by atoms with Crippen LogP contribution in [0.5, 0.6) is 0 Å². The number of nitrogens with zero attached hydrogens (tertiary/aromatic N) is 3. The molecule has 0 aromatic carbocycles. The van der Waals surface area contributed by atoms with Crippen LogP contribution >= 0.6 is 0 Å². The second kappa shape index (κ2) is 7.93. The Morgan fingerprint density at radius 1 is 1.32 bits per heavy atom. The van der Waals surface area contributed by atoms with Gasteiger partial charge in [0.25, 0.3) is 5.91 Å². The number of amides is 2. The molecular formula is C15H24N4O3. The van der Waals surface area contributed by atoms with Crippen molar-refractivity contribution in [2.75, 3.05) is 39.3 Å². The van der Waals surface area contributed by atoms with Gasteiger partial charge in [-0.15, -0.1) is 0 Å². The Balaban J connectivity index is 1.69. The summed E-state index contributed by atoms with van der Waals surface area (Å²) in [4.78, 5) is 27.7.